The quantitative estimate of drug-likeness (QED) is 0.826. The standard InChI is InChI=1S/C12H10BrFN2S2/c13-11-4-2-8(18-11)6-16-10-3-1-7(12(15)17)5-9(10)14/h1-5,16H,6H2,(H2,15,17). The van der Waals surface area contributed by atoms with E-state index in [-0.39, 0.29) is 10.8 Å². The molecule has 0 aliphatic rings. The van der Waals surface area contributed by atoms with E-state index in [1.165, 1.54) is 6.07 Å². The van der Waals surface area contributed by atoms with Crippen molar-refractivity contribution in [2.45, 2.75) is 6.54 Å². The number of nitrogens with one attached hydrogen (secondary N) is 1. The average Bonchev–Trinajstić information content (AvgIpc) is 2.73. The van der Waals surface area contributed by atoms with Gasteiger partial charge in [-0.05, 0) is 46.3 Å². The molecular formula is C12H10BrFN2S2. The Morgan fingerprint density at radius 2 is 2.17 bits per heavy atom. The number of halogens is 2. The SMILES string of the molecule is NC(=S)c1ccc(NCc2ccc(Br)s2)c(F)c1. The van der Waals surface area contributed by atoms with Crippen LogP contribution in [0.5, 0.6) is 0 Å². The maximum absolute atomic E-state index is 13.7. The lowest BCUT2D eigenvalue weighted by atomic mass is 10.2. The third kappa shape index (κ3) is 3.28. The number of thiophene rings is 1. The van der Waals surface area contributed by atoms with Crippen LogP contribution in [0, 0.1) is 5.82 Å². The van der Waals surface area contributed by atoms with Crippen LogP contribution in [0.25, 0.3) is 0 Å². The van der Waals surface area contributed by atoms with Gasteiger partial charge in [0.25, 0.3) is 0 Å². The second kappa shape index (κ2) is 5.77. The smallest absolute Gasteiger partial charge is 0.146 e. The molecule has 2 rings (SSSR count). The Bertz CT molecular complexity index is 583. The number of nitrogens with two attached hydrogens (primary N) is 1. The molecule has 0 saturated heterocycles. The first-order chi connectivity index (χ1) is 8.56. The summed E-state index contributed by atoms with van der Waals surface area (Å²) in [5.74, 6) is -0.351. The molecule has 0 radical (unpaired) electrons. The van der Waals surface area contributed by atoms with Gasteiger partial charge in [0.1, 0.15) is 10.8 Å². The Hall–Kier alpha value is -0.980. The van der Waals surface area contributed by atoms with Gasteiger partial charge in [0.05, 0.1) is 9.47 Å². The van der Waals surface area contributed by atoms with E-state index in [9.17, 15) is 4.39 Å². The van der Waals surface area contributed by atoms with Crippen LogP contribution in [0.2, 0.25) is 0 Å². The van der Waals surface area contributed by atoms with E-state index >= 15 is 0 Å². The van der Waals surface area contributed by atoms with Crippen LogP contribution < -0.4 is 11.1 Å². The molecule has 0 spiro atoms. The van der Waals surface area contributed by atoms with Gasteiger partial charge in [-0.15, -0.1) is 11.3 Å². The third-order valence-electron chi connectivity index (χ3n) is 2.34. The van der Waals surface area contributed by atoms with Gasteiger partial charge in [0.2, 0.25) is 0 Å². The van der Waals surface area contributed by atoms with Crippen LogP contribution in [0.15, 0.2) is 34.1 Å². The van der Waals surface area contributed by atoms with Crippen molar-refractivity contribution in [3.05, 3.63) is 50.4 Å². The summed E-state index contributed by atoms with van der Waals surface area (Å²) in [6, 6.07) is 8.65. The maximum atomic E-state index is 13.7. The van der Waals surface area contributed by atoms with E-state index in [2.05, 4.69) is 21.2 Å². The number of thiocarbonyl (C=S) groups is 1. The van der Waals surface area contributed by atoms with Crippen molar-refractivity contribution >= 4 is 50.2 Å². The topological polar surface area (TPSA) is 38.0 Å². The number of hydrogen-bond donors (Lipinski definition) is 2. The predicted octanol–water partition coefficient (Wildman–Crippen LogP) is 3.90. The molecule has 1 aromatic heterocycles. The van der Waals surface area contributed by atoms with Gasteiger partial charge in [-0.1, -0.05) is 12.2 Å². The number of hydrogen-bond acceptors (Lipinski definition) is 3. The molecular weight excluding hydrogens is 335 g/mol. The number of benzene rings is 1. The van der Waals surface area contributed by atoms with Crippen LogP contribution in [-0.4, -0.2) is 4.99 Å². The van der Waals surface area contributed by atoms with E-state index < -0.39 is 0 Å². The predicted molar refractivity (Wildman–Crippen MR) is 81.6 cm³/mol. The van der Waals surface area contributed by atoms with Crippen LogP contribution in [0.4, 0.5) is 10.1 Å². The monoisotopic (exact) mass is 344 g/mol. The Labute approximate surface area is 122 Å². The zero-order valence-corrected chi connectivity index (χ0v) is 12.5. The molecule has 0 amide bonds. The van der Waals surface area contributed by atoms with Gasteiger partial charge in [0, 0.05) is 17.0 Å². The zero-order chi connectivity index (χ0) is 13.1. The molecule has 0 bridgehead atoms. The summed E-state index contributed by atoms with van der Waals surface area (Å²) in [4.78, 5) is 1.32. The minimum Gasteiger partial charge on any atom is -0.389 e. The molecule has 94 valence electrons. The van der Waals surface area contributed by atoms with E-state index in [4.69, 9.17) is 18.0 Å². The van der Waals surface area contributed by atoms with E-state index in [1.807, 2.05) is 12.1 Å². The van der Waals surface area contributed by atoms with Crippen LogP contribution in [-0.2, 0) is 6.54 Å². The van der Waals surface area contributed by atoms with Crippen molar-refractivity contribution in [3.8, 4) is 0 Å². The summed E-state index contributed by atoms with van der Waals surface area (Å²) in [6.07, 6.45) is 0. The second-order valence-corrected chi connectivity index (χ2v) is 6.61. The Morgan fingerprint density at radius 3 is 2.72 bits per heavy atom. The van der Waals surface area contributed by atoms with Gasteiger partial charge in [-0.2, -0.15) is 0 Å². The van der Waals surface area contributed by atoms with Gasteiger partial charge >= 0.3 is 0 Å². The highest BCUT2D eigenvalue weighted by Crippen LogP contribution is 2.23. The number of rotatable bonds is 4. The van der Waals surface area contributed by atoms with Crippen LogP contribution >= 0.6 is 39.5 Å². The van der Waals surface area contributed by atoms with Crippen molar-refractivity contribution in [2.24, 2.45) is 5.73 Å². The van der Waals surface area contributed by atoms with Crippen molar-refractivity contribution in [2.75, 3.05) is 5.32 Å². The Kier molecular flexibility index (Phi) is 4.31. The normalized spacial score (nSPS) is 10.3. The molecule has 3 N–H and O–H groups in total. The molecule has 2 nitrogen and oxygen atoms in total. The fraction of sp³-hybridized carbons (Fsp3) is 0.0833. The largest absolute Gasteiger partial charge is 0.389 e. The lowest BCUT2D eigenvalue weighted by Crippen LogP contribution is -2.10. The summed E-state index contributed by atoms with van der Waals surface area (Å²) in [6.45, 7) is 0.583. The molecule has 0 aliphatic heterocycles. The molecule has 0 aliphatic carbocycles. The molecule has 18 heavy (non-hydrogen) atoms. The second-order valence-electron chi connectivity index (χ2n) is 3.62. The molecule has 6 heteroatoms. The minimum atomic E-state index is -0.351. The van der Waals surface area contributed by atoms with Crippen molar-refractivity contribution in [1.82, 2.24) is 0 Å². The molecule has 2 aromatic rings. The van der Waals surface area contributed by atoms with Gasteiger partial charge in [-0.3, -0.25) is 0 Å². The van der Waals surface area contributed by atoms with Gasteiger partial charge < -0.3 is 11.1 Å². The van der Waals surface area contributed by atoms with Crippen molar-refractivity contribution in [1.29, 1.82) is 0 Å². The summed E-state index contributed by atoms with van der Waals surface area (Å²) in [5, 5.41) is 3.04. The highest BCUT2D eigenvalue weighted by molar-refractivity contribution is 9.11. The highest BCUT2D eigenvalue weighted by atomic mass is 79.9. The molecule has 0 saturated carbocycles. The zero-order valence-electron chi connectivity index (χ0n) is 9.24. The fourth-order valence-electron chi connectivity index (χ4n) is 1.44. The first kappa shape index (κ1) is 13.5. The van der Waals surface area contributed by atoms with Crippen LogP contribution in [0.3, 0.4) is 0 Å². The molecule has 0 unspecified atom stereocenters. The van der Waals surface area contributed by atoms with Crippen LogP contribution in [0.1, 0.15) is 10.4 Å². The summed E-state index contributed by atoms with van der Waals surface area (Å²) < 4.78 is 14.8. The fourth-order valence-corrected chi connectivity index (χ4v) is 2.99. The van der Waals surface area contributed by atoms with Crippen molar-refractivity contribution in [3.63, 3.8) is 0 Å². The molecule has 1 heterocycles. The highest BCUT2D eigenvalue weighted by Gasteiger charge is 2.05. The lowest BCUT2D eigenvalue weighted by Gasteiger charge is -2.07. The first-order valence-electron chi connectivity index (χ1n) is 5.13. The summed E-state index contributed by atoms with van der Waals surface area (Å²) >= 11 is 9.79. The van der Waals surface area contributed by atoms with Gasteiger partial charge in [0.15, 0.2) is 0 Å². The molecule has 0 atom stereocenters. The Morgan fingerprint density at radius 1 is 1.39 bits per heavy atom. The summed E-state index contributed by atoms with van der Waals surface area (Å²) in [7, 11) is 0. The van der Waals surface area contributed by atoms with Gasteiger partial charge in [-0.25, -0.2) is 4.39 Å². The maximum Gasteiger partial charge on any atom is 0.146 e. The molecule has 1 aromatic carbocycles. The van der Waals surface area contributed by atoms with E-state index in [0.717, 1.165) is 8.66 Å². The third-order valence-corrected chi connectivity index (χ3v) is 4.19. The first-order valence-corrected chi connectivity index (χ1v) is 7.15. The average molecular weight is 345 g/mol. The van der Waals surface area contributed by atoms with E-state index in [0.29, 0.717) is 17.8 Å². The minimum absolute atomic E-state index is 0.197. The Balaban J connectivity index is 2.08. The lowest BCUT2D eigenvalue weighted by molar-refractivity contribution is 0.630. The summed E-state index contributed by atoms with van der Waals surface area (Å²) in [5.41, 5.74) is 6.42. The van der Waals surface area contributed by atoms with Crippen molar-refractivity contribution < 1.29 is 4.39 Å². The molecule has 0 fully saturated rings. The number of anilines is 1. The van der Waals surface area contributed by atoms with E-state index in [1.54, 1.807) is 23.5 Å².